The lowest BCUT2D eigenvalue weighted by molar-refractivity contribution is 0.243. The maximum absolute atomic E-state index is 9.14. The van der Waals surface area contributed by atoms with E-state index in [9.17, 15) is 0 Å². The maximum atomic E-state index is 9.14. The van der Waals surface area contributed by atoms with E-state index in [2.05, 4.69) is 78.2 Å². The maximum Gasteiger partial charge on any atom is 0.0952 e. The predicted molar refractivity (Wildman–Crippen MR) is 106 cm³/mol. The molecule has 2 nitrogen and oxygen atoms in total. The van der Waals surface area contributed by atoms with Gasteiger partial charge in [-0.1, -0.05) is 67.8 Å². The van der Waals surface area contributed by atoms with Crippen molar-refractivity contribution in [2.45, 2.75) is 52.0 Å². The minimum atomic E-state index is -0.394. The first-order chi connectivity index (χ1) is 12.7. The fourth-order valence-corrected chi connectivity index (χ4v) is 4.24. The van der Waals surface area contributed by atoms with Crippen molar-refractivity contribution in [2.75, 3.05) is 11.5 Å². The van der Waals surface area contributed by atoms with Crippen LogP contribution in [0.25, 0.3) is 5.70 Å². The van der Waals surface area contributed by atoms with Crippen LogP contribution in [-0.2, 0) is 0 Å². The van der Waals surface area contributed by atoms with Gasteiger partial charge in [0.15, 0.2) is 0 Å². The number of aryl methyl sites for hydroxylation is 1. The Balaban J connectivity index is 1.82. The lowest BCUT2D eigenvalue weighted by atomic mass is 9.93. The lowest BCUT2D eigenvalue weighted by Gasteiger charge is -2.35. The van der Waals surface area contributed by atoms with E-state index in [0.717, 1.165) is 5.69 Å². The highest BCUT2D eigenvalue weighted by Crippen LogP contribution is 2.40. The summed E-state index contributed by atoms with van der Waals surface area (Å²) in [5.41, 5.74) is 6.03. The van der Waals surface area contributed by atoms with Crippen molar-refractivity contribution in [3.8, 4) is 0 Å². The van der Waals surface area contributed by atoms with Crippen LogP contribution in [0.2, 0.25) is 0 Å². The molecule has 0 spiro atoms. The molecule has 0 amide bonds. The zero-order valence-corrected chi connectivity index (χ0v) is 15.3. The van der Waals surface area contributed by atoms with Gasteiger partial charge in [0.05, 0.1) is 13.7 Å². The molecular weight excluding hydrogens is 304 g/mol. The summed E-state index contributed by atoms with van der Waals surface area (Å²) in [5, 5.41) is 0. The minimum Gasteiger partial charge on any atom is -0.349 e. The second kappa shape index (κ2) is 6.95. The van der Waals surface area contributed by atoms with Crippen LogP contribution in [0.4, 0.5) is 5.69 Å². The first-order valence-corrected chi connectivity index (χ1v) is 9.50. The van der Waals surface area contributed by atoms with Gasteiger partial charge < -0.3 is 9.80 Å². The van der Waals surface area contributed by atoms with Gasteiger partial charge in [0.2, 0.25) is 0 Å². The number of nitrogens with zero attached hydrogens (tertiary/aromatic N) is 2. The van der Waals surface area contributed by atoms with Gasteiger partial charge in [-0.2, -0.15) is 0 Å². The zero-order valence-electron chi connectivity index (χ0n) is 16.3. The number of benzene rings is 2. The van der Waals surface area contributed by atoms with Crippen molar-refractivity contribution < 1.29 is 1.37 Å². The van der Waals surface area contributed by atoms with Gasteiger partial charge in [0.1, 0.15) is 0 Å². The second-order valence-corrected chi connectivity index (χ2v) is 7.27. The molecule has 130 valence electrons. The summed E-state index contributed by atoms with van der Waals surface area (Å²) in [6.45, 7) is 3.93. The highest BCUT2D eigenvalue weighted by atomic mass is 15.4. The quantitative estimate of drug-likeness (QED) is 0.701. The van der Waals surface area contributed by atoms with Crippen molar-refractivity contribution in [3.63, 3.8) is 0 Å². The summed E-state index contributed by atoms with van der Waals surface area (Å²) in [4.78, 5) is 4.60. The fourth-order valence-electron chi connectivity index (χ4n) is 4.24. The van der Waals surface area contributed by atoms with Crippen LogP contribution >= 0.6 is 0 Å². The fraction of sp³-hybridized carbons (Fsp3) is 0.391. The molecule has 2 aromatic carbocycles. The van der Waals surface area contributed by atoms with Crippen molar-refractivity contribution in [1.82, 2.24) is 4.90 Å². The van der Waals surface area contributed by atoms with E-state index in [4.69, 9.17) is 1.37 Å². The van der Waals surface area contributed by atoms with Gasteiger partial charge in [-0.15, -0.1) is 0 Å². The molecule has 4 rings (SSSR count). The van der Waals surface area contributed by atoms with Gasteiger partial charge in [-0.25, -0.2) is 0 Å². The van der Waals surface area contributed by atoms with Crippen LogP contribution < -0.4 is 4.90 Å². The second-order valence-electron chi connectivity index (χ2n) is 7.27. The number of para-hydroxylation sites is 1. The summed E-state index contributed by atoms with van der Waals surface area (Å²) in [6.07, 6.45) is 6.28. The third kappa shape index (κ3) is 3.06. The molecule has 2 aromatic rings. The molecular formula is C23H28N2. The Morgan fingerprint density at radius 2 is 1.56 bits per heavy atom. The van der Waals surface area contributed by atoms with E-state index >= 15 is 0 Å². The standard InChI is InChI=1S/C23H28N2/c1-18-11-9-10-16-22(18)24-17-25(21-14-7-4-8-15-21)23(19(24)2)20-12-5-3-6-13-20/h3,5-6,9-13,16,21H,4,7-8,14-15,17H2,1-2H3/i17D. The molecule has 1 unspecified atom stereocenters. The van der Waals surface area contributed by atoms with Crippen LogP contribution in [0.3, 0.4) is 0 Å². The Hall–Kier alpha value is -2.22. The number of allylic oxidation sites excluding steroid dienone is 1. The van der Waals surface area contributed by atoms with Crippen molar-refractivity contribution in [2.24, 2.45) is 0 Å². The van der Waals surface area contributed by atoms with Crippen molar-refractivity contribution >= 4 is 11.4 Å². The lowest BCUT2D eigenvalue weighted by Crippen LogP contribution is -2.37. The highest BCUT2D eigenvalue weighted by Gasteiger charge is 2.33. The van der Waals surface area contributed by atoms with Crippen LogP contribution in [-0.4, -0.2) is 17.6 Å². The Bertz CT molecular complexity index is 793. The van der Waals surface area contributed by atoms with Crippen LogP contribution in [0.1, 0.15) is 51.5 Å². The SMILES string of the molecule is [2H]C1N(c2ccccc2C)C(C)=C(c2ccccc2)N1C1CCCCC1. The Morgan fingerprint density at radius 1 is 0.880 bits per heavy atom. The molecule has 1 fully saturated rings. The molecule has 0 bridgehead atoms. The van der Waals surface area contributed by atoms with Crippen LogP contribution in [0, 0.1) is 6.92 Å². The van der Waals surface area contributed by atoms with E-state index in [1.807, 2.05) is 0 Å². The normalized spacial score (nSPS) is 22.5. The Labute approximate surface area is 153 Å². The number of hydrogen-bond acceptors (Lipinski definition) is 2. The third-order valence-corrected chi connectivity index (χ3v) is 5.59. The Morgan fingerprint density at radius 3 is 2.28 bits per heavy atom. The van der Waals surface area contributed by atoms with Gasteiger partial charge in [-0.05, 0) is 43.9 Å². The summed E-state index contributed by atoms with van der Waals surface area (Å²) in [7, 11) is 0. The van der Waals surface area contributed by atoms with Crippen LogP contribution in [0.15, 0.2) is 60.3 Å². The molecule has 1 saturated carbocycles. The molecule has 0 saturated heterocycles. The zero-order chi connectivity index (χ0) is 18.1. The third-order valence-electron chi connectivity index (χ3n) is 5.59. The molecule has 0 radical (unpaired) electrons. The first kappa shape index (κ1) is 15.1. The molecule has 25 heavy (non-hydrogen) atoms. The van der Waals surface area contributed by atoms with Gasteiger partial charge in [0.25, 0.3) is 0 Å². The van der Waals surface area contributed by atoms with Gasteiger partial charge in [0, 0.05) is 17.4 Å². The van der Waals surface area contributed by atoms with E-state index in [-0.39, 0.29) is 0 Å². The van der Waals surface area contributed by atoms with E-state index in [1.54, 1.807) is 0 Å². The summed E-state index contributed by atoms with van der Waals surface area (Å²) in [5.74, 6) is 0. The predicted octanol–water partition coefficient (Wildman–Crippen LogP) is 5.80. The summed E-state index contributed by atoms with van der Waals surface area (Å²) >= 11 is 0. The monoisotopic (exact) mass is 333 g/mol. The summed E-state index contributed by atoms with van der Waals surface area (Å²) < 4.78 is 9.14. The largest absolute Gasteiger partial charge is 0.349 e. The average molecular weight is 333 g/mol. The number of anilines is 1. The molecule has 1 aliphatic heterocycles. The molecule has 0 N–H and O–H groups in total. The minimum absolute atomic E-state index is 0.394. The van der Waals surface area contributed by atoms with Crippen molar-refractivity contribution in [1.29, 1.82) is 0 Å². The molecule has 2 aliphatic rings. The summed E-state index contributed by atoms with van der Waals surface area (Å²) in [6, 6.07) is 19.5. The van der Waals surface area contributed by atoms with Crippen molar-refractivity contribution in [3.05, 3.63) is 71.4 Å². The Kier molecular flexibility index (Phi) is 4.19. The smallest absolute Gasteiger partial charge is 0.0952 e. The van der Waals surface area contributed by atoms with Gasteiger partial charge >= 0.3 is 0 Å². The molecule has 2 heteroatoms. The average Bonchev–Trinajstić information content (AvgIpc) is 2.94. The van der Waals surface area contributed by atoms with E-state index in [0.29, 0.717) is 6.04 Å². The highest BCUT2D eigenvalue weighted by molar-refractivity contribution is 5.76. The number of rotatable bonds is 3. The number of hydrogen-bond donors (Lipinski definition) is 0. The van der Waals surface area contributed by atoms with E-state index in [1.165, 1.54) is 54.6 Å². The van der Waals surface area contributed by atoms with Crippen LogP contribution in [0.5, 0.6) is 0 Å². The topological polar surface area (TPSA) is 6.48 Å². The molecule has 0 aromatic heterocycles. The molecule has 1 aliphatic carbocycles. The van der Waals surface area contributed by atoms with Gasteiger partial charge in [-0.3, -0.25) is 0 Å². The molecule has 1 heterocycles. The molecule has 1 atom stereocenters. The van der Waals surface area contributed by atoms with E-state index < -0.39 is 6.64 Å². The first-order valence-electron chi connectivity index (χ1n) is 10.1.